The van der Waals surface area contributed by atoms with Gasteiger partial charge in [-0.25, -0.2) is 12.8 Å². The van der Waals surface area contributed by atoms with Crippen LogP contribution in [0, 0.1) is 12.7 Å². The Morgan fingerprint density at radius 1 is 0.974 bits per heavy atom. The molecule has 0 aliphatic heterocycles. The summed E-state index contributed by atoms with van der Waals surface area (Å²) < 4.78 is 48.4. The molecule has 0 saturated heterocycles. The van der Waals surface area contributed by atoms with Crippen LogP contribution in [0.3, 0.4) is 0 Å². The highest BCUT2D eigenvalue weighted by molar-refractivity contribution is 7.92. The third-order valence-electron chi connectivity index (χ3n) is 6.26. The maximum absolute atomic E-state index is 15.0. The number of nitrogens with one attached hydrogen (secondary N) is 1. The van der Waals surface area contributed by atoms with Gasteiger partial charge in [-0.05, 0) is 62.2 Å². The molecule has 10 heteroatoms. The highest BCUT2D eigenvalue weighted by Gasteiger charge is 2.34. The summed E-state index contributed by atoms with van der Waals surface area (Å²) in [5.41, 5.74) is 1.30. The predicted molar refractivity (Wildman–Crippen MR) is 148 cm³/mol. The van der Waals surface area contributed by atoms with E-state index < -0.39 is 34.3 Å². The molecule has 39 heavy (non-hydrogen) atoms. The summed E-state index contributed by atoms with van der Waals surface area (Å²) in [6, 6.07) is 17.6. The molecule has 1 atom stereocenters. The number of methoxy groups -OCH3 is 1. The van der Waals surface area contributed by atoms with Gasteiger partial charge in [0.2, 0.25) is 11.8 Å². The number of amides is 2. The minimum atomic E-state index is -4.34. The van der Waals surface area contributed by atoms with E-state index in [4.69, 9.17) is 4.74 Å². The van der Waals surface area contributed by atoms with E-state index >= 15 is 0 Å². The van der Waals surface area contributed by atoms with E-state index in [1.165, 1.54) is 35.2 Å². The molecule has 0 bridgehead atoms. The van der Waals surface area contributed by atoms with Crippen molar-refractivity contribution in [2.24, 2.45) is 0 Å². The molecule has 0 heterocycles. The molecule has 3 rings (SSSR count). The number of benzene rings is 3. The highest BCUT2D eigenvalue weighted by Crippen LogP contribution is 2.27. The quantitative estimate of drug-likeness (QED) is 0.360. The van der Waals surface area contributed by atoms with Crippen LogP contribution in [0.4, 0.5) is 10.1 Å². The number of halogens is 1. The van der Waals surface area contributed by atoms with Crippen LogP contribution in [-0.2, 0) is 26.2 Å². The Balaban J connectivity index is 2.06. The number of rotatable bonds is 12. The van der Waals surface area contributed by atoms with E-state index in [1.54, 1.807) is 57.4 Å². The zero-order valence-corrected chi connectivity index (χ0v) is 23.4. The van der Waals surface area contributed by atoms with Gasteiger partial charge in [0.1, 0.15) is 24.2 Å². The van der Waals surface area contributed by atoms with Crippen molar-refractivity contribution in [1.82, 2.24) is 10.2 Å². The number of carbonyl (C=O) groups excluding carboxylic acids is 2. The van der Waals surface area contributed by atoms with Gasteiger partial charge in [-0.15, -0.1) is 0 Å². The van der Waals surface area contributed by atoms with Gasteiger partial charge < -0.3 is 15.0 Å². The van der Waals surface area contributed by atoms with Crippen LogP contribution in [0.2, 0.25) is 0 Å². The molecule has 0 unspecified atom stereocenters. The molecular formula is C29H34FN3O5S. The average Bonchev–Trinajstić information content (AvgIpc) is 2.92. The van der Waals surface area contributed by atoms with Crippen molar-refractivity contribution in [3.63, 3.8) is 0 Å². The summed E-state index contributed by atoms with van der Waals surface area (Å²) in [7, 11) is -2.80. The van der Waals surface area contributed by atoms with Gasteiger partial charge in [0.25, 0.3) is 10.0 Å². The monoisotopic (exact) mass is 555 g/mol. The Hall–Kier alpha value is -3.92. The fourth-order valence-electron chi connectivity index (χ4n) is 4.14. The summed E-state index contributed by atoms with van der Waals surface area (Å²) in [4.78, 5) is 28.1. The molecule has 0 spiro atoms. The summed E-state index contributed by atoms with van der Waals surface area (Å²) in [5, 5.41) is 2.75. The highest BCUT2D eigenvalue weighted by atomic mass is 32.2. The molecule has 8 nitrogen and oxygen atoms in total. The number of aryl methyl sites for hydroxylation is 1. The minimum absolute atomic E-state index is 0.0359. The van der Waals surface area contributed by atoms with Crippen LogP contribution in [-0.4, -0.2) is 51.4 Å². The predicted octanol–water partition coefficient (Wildman–Crippen LogP) is 4.28. The van der Waals surface area contributed by atoms with Crippen LogP contribution in [0.5, 0.6) is 5.75 Å². The first-order valence-corrected chi connectivity index (χ1v) is 14.1. The Morgan fingerprint density at radius 2 is 1.62 bits per heavy atom. The minimum Gasteiger partial charge on any atom is -0.497 e. The Kier molecular flexibility index (Phi) is 10.1. The second-order valence-corrected chi connectivity index (χ2v) is 10.8. The number of likely N-dealkylation sites (N-methyl/N-ethyl adjacent to an activating group) is 1. The number of para-hydroxylation sites is 1. The van der Waals surface area contributed by atoms with Crippen molar-refractivity contribution < 1.29 is 27.1 Å². The third-order valence-corrected chi connectivity index (χ3v) is 8.03. The molecule has 0 aromatic heterocycles. The maximum atomic E-state index is 15.0. The fourth-order valence-corrected chi connectivity index (χ4v) is 5.57. The standard InChI is InChI=1S/C29H34FN3O5S/c1-5-26(29(35)31-6-2)32(19-22-13-15-23(38-4)16-14-22)28(34)20-33(27-10-8-7-9-25(27)30)39(36,37)24-17-11-21(3)12-18-24/h7-18,26H,5-6,19-20H2,1-4H3,(H,31,35)/t26-/m0/s1. The fraction of sp³-hybridized carbons (Fsp3) is 0.310. The molecular weight excluding hydrogens is 521 g/mol. The molecule has 0 saturated carbocycles. The van der Waals surface area contributed by atoms with Gasteiger partial charge in [-0.1, -0.05) is 48.9 Å². The van der Waals surface area contributed by atoms with Gasteiger partial charge in [0, 0.05) is 13.1 Å². The Morgan fingerprint density at radius 3 is 2.18 bits per heavy atom. The molecule has 2 amide bonds. The van der Waals surface area contributed by atoms with Crippen LogP contribution in [0.25, 0.3) is 0 Å². The van der Waals surface area contributed by atoms with Gasteiger partial charge >= 0.3 is 0 Å². The van der Waals surface area contributed by atoms with Crippen molar-refractivity contribution in [2.45, 2.75) is 44.7 Å². The molecule has 208 valence electrons. The van der Waals surface area contributed by atoms with E-state index in [-0.39, 0.29) is 29.5 Å². The van der Waals surface area contributed by atoms with Crippen LogP contribution in [0.1, 0.15) is 31.4 Å². The number of carbonyl (C=O) groups is 2. The van der Waals surface area contributed by atoms with E-state index in [0.717, 1.165) is 15.9 Å². The Labute approximate surface area is 229 Å². The lowest BCUT2D eigenvalue weighted by molar-refractivity contribution is -0.140. The van der Waals surface area contributed by atoms with Gasteiger partial charge in [0.05, 0.1) is 17.7 Å². The lowest BCUT2D eigenvalue weighted by Gasteiger charge is -2.33. The van der Waals surface area contributed by atoms with Crippen molar-refractivity contribution >= 4 is 27.5 Å². The van der Waals surface area contributed by atoms with Gasteiger partial charge in [0.15, 0.2) is 0 Å². The summed E-state index contributed by atoms with van der Waals surface area (Å²) >= 11 is 0. The number of anilines is 1. The first kappa shape index (κ1) is 29.6. The zero-order valence-electron chi connectivity index (χ0n) is 22.6. The van der Waals surface area contributed by atoms with Crippen LogP contribution >= 0.6 is 0 Å². The van der Waals surface area contributed by atoms with Crippen LogP contribution in [0.15, 0.2) is 77.7 Å². The maximum Gasteiger partial charge on any atom is 0.264 e. The largest absolute Gasteiger partial charge is 0.497 e. The second-order valence-electron chi connectivity index (χ2n) is 8.96. The smallest absolute Gasteiger partial charge is 0.264 e. The number of hydrogen-bond donors (Lipinski definition) is 1. The molecule has 0 radical (unpaired) electrons. The average molecular weight is 556 g/mol. The summed E-state index contributed by atoms with van der Waals surface area (Å²) in [6.07, 6.45) is 0.290. The first-order chi connectivity index (χ1) is 18.6. The molecule has 0 fully saturated rings. The summed E-state index contributed by atoms with van der Waals surface area (Å²) in [5.74, 6) is -1.18. The van der Waals surface area contributed by atoms with Crippen molar-refractivity contribution in [3.8, 4) is 5.75 Å². The topological polar surface area (TPSA) is 96.0 Å². The Bertz CT molecular complexity index is 1380. The molecule has 0 aliphatic rings. The van der Waals surface area contributed by atoms with E-state index in [0.29, 0.717) is 17.9 Å². The third kappa shape index (κ3) is 7.14. The molecule has 1 N–H and O–H groups in total. The van der Waals surface area contributed by atoms with Gasteiger partial charge in [-0.3, -0.25) is 13.9 Å². The normalized spacial score (nSPS) is 11.9. The number of ether oxygens (including phenoxy) is 1. The second kappa shape index (κ2) is 13.2. The molecule has 3 aromatic carbocycles. The number of sulfonamides is 1. The molecule has 0 aliphatic carbocycles. The van der Waals surface area contributed by atoms with Crippen molar-refractivity contribution in [3.05, 3.63) is 89.7 Å². The van der Waals surface area contributed by atoms with E-state index in [9.17, 15) is 22.4 Å². The van der Waals surface area contributed by atoms with Crippen molar-refractivity contribution in [2.75, 3.05) is 24.5 Å². The number of nitrogens with zero attached hydrogens (tertiary/aromatic N) is 2. The van der Waals surface area contributed by atoms with Crippen molar-refractivity contribution in [1.29, 1.82) is 0 Å². The SMILES string of the molecule is CCNC(=O)[C@H](CC)N(Cc1ccc(OC)cc1)C(=O)CN(c1ccccc1F)S(=O)(=O)c1ccc(C)cc1. The lowest BCUT2D eigenvalue weighted by Crippen LogP contribution is -2.52. The van der Waals surface area contributed by atoms with Gasteiger partial charge in [-0.2, -0.15) is 0 Å². The number of hydrogen-bond acceptors (Lipinski definition) is 5. The first-order valence-electron chi connectivity index (χ1n) is 12.7. The van der Waals surface area contributed by atoms with E-state index in [1.807, 2.05) is 6.92 Å². The van der Waals surface area contributed by atoms with Crippen LogP contribution < -0.4 is 14.4 Å². The zero-order chi connectivity index (χ0) is 28.6. The van der Waals surface area contributed by atoms with E-state index in [2.05, 4.69) is 5.32 Å². The summed E-state index contributed by atoms with van der Waals surface area (Å²) in [6.45, 7) is 5.05. The lowest BCUT2D eigenvalue weighted by atomic mass is 10.1. The molecule has 3 aromatic rings.